The first-order valence-corrected chi connectivity index (χ1v) is 7.13. The topological polar surface area (TPSA) is 66.6 Å². The quantitative estimate of drug-likeness (QED) is 0.826. The summed E-state index contributed by atoms with van der Waals surface area (Å²) in [4.78, 5) is 0. The van der Waals surface area contributed by atoms with Gasteiger partial charge in [0.1, 0.15) is 0 Å². The molecule has 0 saturated carbocycles. The second kappa shape index (κ2) is 6.78. The van der Waals surface area contributed by atoms with Crippen molar-refractivity contribution in [2.75, 3.05) is 6.54 Å². The van der Waals surface area contributed by atoms with Gasteiger partial charge in [0, 0.05) is 23.6 Å². The molecule has 2 rings (SSSR count). The first kappa shape index (κ1) is 13.4. The Labute approximate surface area is 115 Å². The molecule has 0 radical (unpaired) electrons. The van der Waals surface area contributed by atoms with Gasteiger partial charge in [0.2, 0.25) is 5.89 Å². The highest BCUT2D eigenvalue weighted by Gasteiger charge is 2.06. The number of aromatic nitrogens is 2. The molecule has 6 heteroatoms. The van der Waals surface area contributed by atoms with Gasteiger partial charge < -0.3 is 10.2 Å². The van der Waals surface area contributed by atoms with E-state index in [-0.39, 0.29) is 0 Å². The van der Waals surface area contributed by atoms with E-state index >= 15 is 0 Å². The summed E-state index contributed by atoms with van der Waals surface area (Å²) in [5, 5.41) is 9.36. The lowest BCUT2D eigenvalue weighted by Gasteiger charge is -1.97. The average Bonchev–Trinajstić information content (AvgIpc) is 2.84. The molecule has 1 aromatic heterocycles. The fourth-order valence-corrected chi connectivity index (χ4v) is 2.26. The van der Waals surface area contributed by atoms with Crippen molar-refractivity contribution in [2.45, 2.75) is 23.8 Å². The van der Waals surface area contributed by atoms with E-state index in [1.807, 2.05) is 24.3 Å². The largest absolute Gasteiger partial charge is 0.416 e. The van der Waals surface area contributed by atoms with Crippen molar-refractivity contribution in [2.24, 2.45) is 0 Å². The Morgan fingerprint density at radius 3 is 2.72 bits per heavy atom. The van der Waals surface area contributed by atoms with Crippen LogP contribution in [0.15, 0.2) is 33.9 Å². The van der Waals surface area contributed by atoms with Crippen LogP contribution < -0.4 is 5.73 Å². The summed E-state index contributed by atoms with van der Waals surface area (Å²) in [5.41, 5.74) is 4.97. The maximum absolute atomic E-state index is 5.83. The standard InChI is InChI=1S/C12H14ClN3OS/c13-10-5-3-9(4-6-10)8-18-12-16-15-11(17-12)2-1-7-14/h3-6H,1-2,7-8,14H2/p+1. The van der Waals surface area contributed by atoms with Gasteiger partial charge in [0.25, 0.3) is 5.22 Å². The highest BCUT2D eigenvalue weighted by atomic mass is 35.5. The number of benzene rings is 1. The molecule has 0 aliphatic carbocycles. The number of halogens is 1. The van der Waals surface area contributed by atoms with Gasteiger partial charge in [-0.3, -0.25) is 0 Å². The molecule has 0 fully saturated rings. The van der Waals surface area contributed by atoms with E-state index in [1.165, 1.54) is 17.3 Å². The Morgan fingerprint density at radius 1 is 1.22 bits per heavy atom. The number of hydrogen-bond acceptors (Lipinski definition) is 4. The molecular weight excluding hydrogens is 270 g/mol. The van der Waals surface area contributed by atoms with Crippen molar-refractivity contribution < 1.29 is 10.2 Å². The zero-order valence-corrected chi connectivity index (χ0v) is 11.5. The van der Waals surface area contributed by atoms with Crippen molar-refractivity contribution >= 4 is 23.4 Å². The molecule has 1 aromatic carbocycles. The van der Waals surface area contributed by atoms with E-state index in [0.29, 0.717) is 11.1 Å². The first-order chi connectivity index (χ1) is 8.78. The lowest BCUT2D eigenvalue weighted by atomic mass is 10.2. The molecule has 96 valence electrons. The van der Waals surface area contributed by atoms with Crippen LogP contribution in [0.1, 0.15) is 17.9 Å². The number of rotatable bonds is 6. The number of nitrogens with zero attached hydrogens (tertiary/aromatic N) is 2. The lowest BCUT2D eigenvalue weighted by Crippen LogP contribution is -2.50. The number of aryl methyl sites for hydroxylation is 1. The third kappa shape index (κ3) is 4.01. The Morgan fingerprint density at radius 2 is 2.00 bits per heavy atom. The summed E-state index contributed by atoms with van der Waals surface area (Å²) in [6.45, 7) is 0.885. The fourth-order valence-electron chi connectivity index (χ4n) is 1.40. The SMILES string of the molecule is [NH3+]CCCc1nnc(SCc2ccc(Cl)cc2)o1. The molecule has 0 aliphatic rings. The summed E-state index contributed by atoms with van der Waals surface area (Å²) in [6, 6.07) is 7.75. The summed E-state index contributed by atoms with van der Waals surface area (Å²) >= 11 is 7.36. The molecule has 0 aliphatic heterocycles. The van der Waals surface area contributed by atoms with Crippen LogP contribution in [0.4, 0.5) is 0 Å². The second-order valence-electron chi connectivity index (χ2n) is 3.83. The molecule has 0 spiro atoms. The van der Waals surface area contributed by atoms with Crippen LogP contribution in [-0.2, 0) is 12.2 Å². The van der Waals surface area contributed by atoms with Gasteiger partial charge in [-0.05, 0) is 17.7 Å². The van der Waals surface area contributed by atoms with Crippen molar-refractivity contribution in [1.29, 1.82) is 0 Å². The van der Waals surface area contributed by atoms with Crippen LogP contribution in [0, 0.1) is 0 Å². The van der Waals surface area contributed by atoms with Crippen molar-refractivity contribution in [3.05, 3.63) is 40.7 Å². The summed E-state index contributed by atoms with van der Waals surface area (Å²) in [7, 11) is 0. The monoisotopic (exact) mass is 284 g/mol. The molecule has 0 bridgehead atoms. The van der Waals surface area contributed by atoms with E-state index < -0.39 is 0 Å². The van der Waals surface area contributed by atoms with Crippen LogP contribution in [0.2, 0.25) is 5.02 Å². The maximum atomic E-state index is 5.83. The highest BCUT2D eigenvalue weighted by Crippen LogP contribution is 2.22. The van der Waals surface area contributed by atoms with E-state index in [0.717, 1.165) is 30.2 Å². The highest BCUT2D eigenvalue weighted by molar-refractivity contribution is 7.98. The molecule has 1 heterocycles. The maximum Gasteiger partial charge on any atom is 0.276 e. The summed E-state index contributed by atoms with van der Waals surface area (Å²) < 4.78 is 5.52. The van der Waals surface area contributed by atoms with Crippen LogP contribution >= 0.6 is 23.4 Å². The van der Waals surface area contributed by atoms with E-state index in [1.54, 1.807) is 0 Å². The number of hydrogen-bond donors (Lipinski definition) is 1. The minimum Gasteiger partial charge on any atom is -0.416 e. The van der Waals surface area contributed by atoms with Gasteiger partial charge in [-0.2, -0.15) is 0 Å². The molecule has 2 aromatic rings. The number of thioether (sulfide) groups is 1. The Kier molecular flexibility index (Phi) is 5.04. The Bertz CT molecular complexity index is 486. The molecule has 4 nitrogen and oxygen atoms in total. The Hall–Kier alpha value is -1.04. The zero-order valence-electron chi connectivity index (χ0n) is 9.93. The zero-order chi connectivity index (χ0) is 12.8. The molecule has 0 atom stereocenters. The third-order valence-corrected chi connectivity index (χ3v) is 3.51. The third-order valence-electron chi connectivity index (χ3n) is 2.36. The molecule has 3 N–H and O–H groups in total. The van der Waals surface area contributed by atoms with Gasteiger partial charge in [-0.1, -0.05) is 35.5 Å². The fraction of sp³-hybridized carbons (Fsp3) is 0.333. The average molecular weight is 285 g/mol. The number of quaternary nitrogens is 1. The first-order valence-electron chi connectivity index (χ1n) is 5.77. The predicted molar refractivity (Wildman–Crippen MR) is 71.4 cm³/mol. The van der Waals surface area contributed by atoms with Gasteiger partial charge in [-0.15, -0.1) is 10.2 Å². The van der Waals surface area contributed by atoms with Crippen LogP contribution in [0.25, 0.3) is 0 Å². The Balaban J connectivity index is 1.86. The molecule has 18 heavy (non-hydrogen) atoms. The van der Waals surface area contributed by atoms with E-state index in [4.69, 9.17) is 16.0 Å². The molecule has 0 saturated heterocycles. The summed E-state index contributed by atoms with van der Waals surface area (Å²) in [6.07, 6.45) is 1.78. The van der Waals surface area contributed by atoms with Crippen LogP contribution in [0.3, 0.4) is 0 Å². The van der Waals surface area contributed by atoms with Gasteiger partial charge >= 0.3 is 0 Å². The van der Waals surface area contributed by atoms with E-state index in [9.17, 15) is 0 Å². The van der Waals surface area contributed by atoms with Crippen molar-refractivity contribution in [1.82, 2.24) is 10.2 Å². The van der Waals surface area contributed by atoms with Crippen LogP contribution in [0.5, 0.6) is 0 Å². The molecular formula is C12H15ClN3OS+. The predicted octanol–water partition coefficient (Wildman–Crippen LogP) is 2.19. The smallest absolute Gasteiger partial charge is 0.276 e. The molecule has 0 unspecified atom stereocenters. The van der Waals surface area contributed by atoms with Crippen molar-refractivity contribution in [3.63, 3.8) is 0 Å². The molecule has 0 amide bonds. The lowest BCUT2D eigenvalue weighted by molar-refractivity contribution is -0.368. The second-order valence-corrected chi connectivity index (χ2v) is 5.20. The van der Waals surface area contributed by atoms with Gasteiger partial charge in [0.05, 0.1) is 6.54 Å². The van der Waals surface area contributed by atoms with E-state index in [2.05, 4.69) is 15.9 Å². The van der Waals surface area contributed by atoms with Gasteiger partial charge in [-0.25, -0.2) is 0 Å². The van der Waals surface area contributed by atoms with Crippen LogP contribution in [-0.4, -0.2) is 16.7 Å². The minimum absolute atomic E-state index is 0.615. The normalized spacial score (nSPS) is 10.8. The van der Waals surface area contributed by atoms with Crippen molar-refractivity contribution in [3.8, 4) is 0 Å². The summed E-state index contributed by atoms with van der Waals surface area (Å²) in [5.74, 6) is 1.49. The van der Waals surface area contributed by atoms with Gasteiger partial charge in [0.15, 0.2) is 0 Å². The minimum atomic E-state index is 0.615.